The van der Waals surface area contributed by atoms with Crippen LogP contribution < -0.4 is 10.1 Å². The highest BCUT2D eigenvalue weighted by Gasteiger charge is 2.28. The van der Waals surface area contributed by atoms with Gasteiger partial charge in [0, 0.05) is 23.3 Å². The molecule has 1 aliphatic heterocycles. The summed E-state index contributed by atoms with van der Waals surface area (Å²) in [6, 6.07) is 14.2. The third-order valence-electron chi connectivity index (χ3n) is 4.32. The fourth-order valence-electron chi connectivity index (χ4n) is 2.85. The van der Waals surface area contributed by atoms with Gasteiger partial charge in [0.25, 0.3) is 5.91 Å². The lowest BCUT2D eigenvalue weighted by Gasteiger charge is -2.24. The van der Waals surface area contributed by atoms with Crippen molar-refractivity contribution in [1.82, 2.24) is 9.62 Å². The van der Waals surface area contributed by atoms with Crippen LogP contribution in [0.5, 0.6) is 5.75 Å². The number of carbonyl (C=O) groups excluding carboxylic acids is 1. The number of methoxy groups -OCH3 is 1. The fourth-order valence-corrected chi connectivity index (χ4v) is 4.16. The molecule has 29 heavy (non-hydrogen) atoms. The van der Waals surface area contributed by atoms with Crippen LogP contribution in [0, 0.1) is 0 Å². The maximum absolute atomic E-state index is 12.7. The first-order valence-corrected chi connectivity index (χ1v) is 10.5. The van der Waals surface area contributed by atoms with E-state index in [0.29, 0.717) is 16.3 Å². The molecule has 0 spiro atoms. The number of ether oxygens (including phenoxy) is 1. The van der Waals surface area contributed by atoms with Crippen molar-refractivity contribution in [2.75, 3.05) is 7.11 Å². The zero-order valence-electron chi connectivity index (χ0n) is 15.9. The van der Waals surface area contributed by atoms with Crippen molar-refractivity contribution in [3.8, 4) is 5.75 Å². The number of benzene rings is 2. The minimum absolute atomic E-state index is 0.00575. The van der Waals surface area contributed by atoms with Crippen LogP contribution in [0.15, 0.2) is 64.7 Å². The lowest BCUT2D eigenvalue weighted by Crippen LogP contribution is -2.35. The first kappa shape index (κ1) is 20.9. The second-order valence-electron chi connectivity index (χ2n) is 6.37. The summed E-state index contributed by atoms with van der Waals surface area (Å²) in [5, 5.41) is 3.34. The van der Waals surface area contributed by atoms with Crippen molar-refractivity contribution in [3.63, 3.8) is 0 Å². The van der Waals surface area contributed by atoms with E-state index in [9.17, 15) is 13.2 Å². The number of para-hydroxylation sites is 1. The molecule has 0 saturated heterocycles. The summed E-state index contributed by atoms with van der Waals surface area (Å²) in [6.07, 6.45) is 1.30. The molecule has 9 heteroatoms. The second-order valence-corrected chi connectivity index (χ2v) is 8.35. The van der Waals surface area contributed by atoms with Crippen LogP contribution in [0.2, 0.25) is 5.02 Å². The smallest absolute Gasteiger partial charge is 0.344 e. The van der Waals surface area contributed by atoms with Crippen molar-refractivity contribution in [2.24, 2.45) is 4.40 Å². The average molecular weight is 434 g/mol. The lowest BCUT2D eigenvalue weighted by molar-refractivity contribution is -0.117. The Balaban J connectivity index is 1.81. The third kappa shape index (κ3) is 4.96. The monoisotopic (exact) mass is 433 g/mol. The summed E-state index contributed by atoms with van der Waals surface area (Å²) in [7, 11) is -2.43. The maximum Gasteiger partial charge on any atom is 0.344 e. The molecule has 2 aromatic rings. The van der Waals surface area contributed by atoms with Gasteiger partial charge < -0.3 is 10.1 Å². The molecule has 0 atom stereocenters. The first-order valence-electron chi connectivity index (χ1n) is 8.75. The molecule has 152 valence electrons. The van der Waals surface area contributed by atoms with Gasteiger partial charge >= 0.3 is 10.2 Å². The van der Waals surface area contributed by atoms with E-state index in [4.69, 9.17) is 16.3 Å². The average Bonchev–Trinajstić information content (AvgIpc) is 2.68. The lowest BCUT2D eigenvalue weighted by atomic mass is 10.1. The molecule has 2 aromatic carbocycles. The Labute approximate surface area is 174 Å². The number of nitrogens with zero attached hydrogens (tertiary/aromatic N) is 2. The summed E-state index contributed by atoms with van der Waals surface area (Å²) in [4.78, 5) is 12.7. The van der Waals surface area contributed by atoms with Crippen LogP contribution in [0.3, 0.4) is 0 Å². The van der Waals surface area contributed by atoms with E-state index in [1.165, 1.54) is 20.2 Å². The minimum atomic E-state index is -3.94. The SMILES string of the molecule is COc1ccccc1CN1C=C(C(=O)NCc2cccc(Cl)c2)C(C)=NS1(=O)=O. The van der Waals surface area contributed by atoms with Gasteiger partial charge in [-0.2, -0.15) is 8.42 Å². The molecule has 0 radical (unpaired) electrons. The number of rotatable bonds is 6. The topological polar surface area (TPSA) is 88.1 Å². The molecule has 1 N–H and O–H groups in total. The number of halogens is 1. The van der Waals surface area contributed by atoms with E-state index < -0.39 is 16.1 Å². The quantitative estimate of drug-likeness (QED) is 0.758. The molecule has 0 aromatic heterocycles. The van der Waals surface area contributed by atoms with Crippen molar-refractivity contribution in [1.29, 1.82) is 0 Å². The molecule has 3 rings (SSSR count). The van der Waals surface area contributed by atoms with Crippen molar-refractivity contribution in [2.45, 2.75) is 20.0 Å². The van der Waals surface area contributed by atoms with Gasteiger partial charge in [-0.3, -0.25) is 9.10 Å². The number of hydrogen-bond acceptors (Lipinski definition) is 4. The number of amides is 1. The number of nitrogens with one attached hydrogen (secondary N) is 1. The second kappa shape index (κ2) is 8.67. The molecular weight excluding hydrogens is 414 g/mol. The Morgan fingerprint density at radius 2 is 1.97 bits per heavy atom. The third-order valence-corrected chi connectivity index (χ3v) is 5.88. The summed E-state index contributed by atoms with van der Waals surface area (Å²) < 4.78 is 35.0. The molecular formula is C20H20ClN3O4S. The van der Waals surface area contributed by atoms with Gasteiger partial charge in [0.1, 0.15) is 5.75 Å². The Hall–Kier alpha value is -2.84. The van der Waals surface area contributed by atoms with Crippen LogP contribution in [-0.4, -0.2) is 31.5 Å². The number of carbonyl (C=O) groups is 1. The standard InChI is InChI=1S/C20H20ClN3O4S/c1-14-18(20(25)22-11-15-6-5-8-17(21)10-15)13-24(29(26,27)23-14)12-16-7-3-4-9-19(16)28-2/h3-10,13H,11-12H2,1-2H3,(H,22,25). The minimum Gasteiger partial charge on any atom is -0.496 e. The summed E-state index contributed by atoms with van der Waals surface area (Å²) in [5.41, 5.74) is 1.79. The number of hydrogen-bond donors (Lipinski definition) is 1. The van der Waals surface area contributed by atoms with Gasteiger partial charge in [-0.05, 0) is 30.7 Å². The summed E-state index contributed by atoms with van der Waals surface area (Å²) in [6.45, 7) is 1.74. The molecule has 0 bridgehead atoms. The van der Waals surface area contributed by atoms with Crippen LogP contribution >= 0.6 is 11.6 Å². The molecule has 1 aliphatic rings. The first-order chi connectivity index (χ1) is 13.8. The zero-order valence-corrected chi connectivity index (χ0v) is 17.5. The normalized spacial score (nSPS) is 15.3. The fraction of sp³-hybridized carbons (Fsp3) is 0.200. The highest BCUT2D eigenvalue weighted by Crippen LogP contribution is 2.24. The Kier molecular flexibility index (Phi) is 6.24. The van der Waals surface area contributed by atoms with E-state index in [1.807, 2.05) is 6.07 Å². The Bertz CT molecular complexity index is 1100. The highest BCUT2D eigenvalue weighted by molar-refractivity contribution is 7.88. The van der Waals surface area contributed by atoms with Gasteiger partial charge in [0.05, 0.1) is 24.9 Å². The predicted octanol–water partition coefficient (Wildman–Crippen LogP) is 3.07. The van der Waals surface area contributed by atoms with Gasteiger partial charge in [-0.25, -0.2) is 0 Å². The maximum atomic E-state index is 12.7. The van der Waals surface area contributed by atoms with Crippen molar-refractivity contribution in [3.05, 3.63) is 76.5 Å². The van der Waals surface area contributed by atoms with Crippen LogP contribution in [0.4, 0.5) is 0 Å². The molecule has 0 unspecified atom stereocenters. The van der Waals surface area contributed by atoms with Gasteiger partial charge in [0.2, 0.25) is 0 Å². The summed E-state index contributed by atoms with van der Waals surface area (Å²) in [5.74, 6) is 0.125. The Morgan fingerprint density at radius 1 is 1.21 bits per heavy atom. The van der Waals surface area contributed by atoms with Crippen molar-refractivity contribution >= 4 is 33.4 Å². The van der Waals surface area contributed by atoms with E-state index in [-0.39, 0.29) is 24.4 Å². The largest absolute Gasteiger partial charge is 0.496 e. The molecule has 0 fully saturated rings. The summed E-state index contributed by atoms with van der Waals surface area (Å²) >= 11 is 5.96. The molecule has 1 amide bonds. The molecule has 1 heterocycles. The van der Waals surface area contributed by atoms with Crippen LogP contribution in [0.25, 0.3) is 0 Å². The van der Waals surface area contributed by atoms with E-state index >= 15 is 0 Å². The van der Waals surface area contributed by atoms with Crippen LogP contribution in [-0.2, 0) is 28.1 Å². The molecule has 0 saturated carbocycles. The highest BCUT2D eigenvalue weighted by atomic mass is 35.5. The molecule has 0 aliphatic carbocycles. The zero-order chi connectivity index (χ0) is 21.0. The van der Waals surface area contributed by atoms with Gasteiger partial charge in [-0.15, -0.1) is 4.40 Å². The van der Waals surface area contributed by atoms with E-state index in [2.05, 4.69) is 9.71 Å². The predicted molar refractivity (Wildman–Crippen MR) is 112 cm³/mol. The van der Waals surface area contributed by atoms with E-state index in [1.54, 1.807) is 42.5 Å². The van der Waals surface area contributed by atoms with Crippen molar-refractivity contribution < 1.29 is 17.9 Å². The van der Waals surface area contributed by atoms with Gasteiger partial charge in [0.15, 0.2) is 0 Å². The van der Waals surface area contributed by atoms with Crippen LogP contribution in [0.1, 0.15) is 18.1 Å². The van der Waals surface area contributed by atoms with Gasteiger partial charge in [-0.1, -0.05) is 41.9 Å². The molecule has 7 nitrogen and oxygen atoms in total. The Morgan fingerprint density at radius 3 is 2.69 bits per heavy atom. The van der Waals surface area contributed by atoms with E-state index in [0.717, 1.165) is 9.87 Å².